The molecule has 0 unspecified atom stereocenters. The number of benzene rings is 1. The molecule has 0 aliphatic heterocycles. The lowest BCUT2D eigenvalue weighted by atomic mass is 10.2. The summed E-state index contributed by atoms with van der Waals surface area (Å²) in [5.41, 5.74) is 0.226. The van der Waals surface area contributed by atoms with E-state index in [1.807, 2.05) is 0 Å². The molecule has 0 radical (unpaired) electrons. The maximum absolute atomic E-state index is 13.1. The van der Waals surface area contributed by atoms with Crippen LogP contribution < -0.4 is 10.6 Å². The van der Waals surface area contributed by atoms with Gasteiger partial charge in [-0.05, 0) is 36.8 Å². The Morgan fingerprint density at radius 3 is 2.68 bits per heavy atom. The number of hydrogen-bond acceptors (Lipinski definition) is 5. The van der Waals surface area contributed by atoms with E-state index in [4.69, 9.17) is 4.74 Å². The van der Waals surface area contributed by atoms with Crippen LogP contribution in [0.1, 0.15) is 16.8 Å². The highest BCUT2D eigenvalue weighted by Crippen LogP contribution is 2.09. The second-order valence-corrected chi connectivity index (χ2v) is 4.54. The van der Waals surface area contributed by atoms with Gasteiger partial charge in [0.1, 0.15) is 11.6 Å². The van der Waals surface area contributed by atoms with Gasteiger partial charge in [0.2, 0.25) is 0 Å². The molecule has 7 heteroatoms. The van der Waals surface area contributed by atoms with Gasteiger partial charge in [-0.15, -0.1) is 10.2 Å². The molecule has 0 saturated carbocycles. The first-order valence-electron chi connectivity index (χ1n) is 6.82. The molecule has 6 nitrogen and oxygen atoms in total. The zero-order chi connectivity index (χ0) is 15.8. The number of carbonyl (C=O) groups is 1. The van der Waals surface area contributed by atoms with Crippen LogP contribution in [-0.2, 0) is 4.74 Å². The maximum atomic E-state index is 13.1. The number of rotatable bonds is 7. The Kier molecular flexibility index (Phi) is 5.79. The van der Waals surface area contributed by atoms with Crippen molar-refractivity contribution in [3.05, 3.63) is 47.8 Å². The van der Waals surface area contributed by atoms with Crippen LogP contribution in [-0.4, -0.2) is 36.4 Å². The standard InChI is InChI=1S/C15H17FN4O2/c1-22-9-3-8-17-13-6-7-14(20-19-13)18-15(21)11-4-2-5-12(16)10-11/h2,4-7,10H,3,8-9H2,1H3,(H,17,19)(H,18,20,21). The molecule has 1 aromatic heterocycles. The first-order valence-corrected chi connectivity index (χ1v) is 6.82. The smallest absolute Gasteiger partial charge is 0.256 e. The average molecular weight is 304 g/mol. The Bertz CT molecular complexity index is 619. The highest BCUT2D eigenvalue weighted by molar-refractivity contribution is 6.03. The molecule has 1 heterocycles. The number of amides is 1. The van der Waals surface area contributed by atoms with E-state index in [-0.39, 0.29) is 5.56 Å². The molecule has 22 heavy (non-hydrogen) atoms. The van der Waals surface area contributed by atoms with Gasteiger partial charge in [0.25, 0.3) is 5.91 Å². The number of hydrogen-bond donors (Lipinski definition) is 2. The van der Waals surface area contributed by atoms with Crippen LogP contribution in [0, 0.1) is 5.82 Å². The SMILES string of the molecule is COCCCNc1ccc(NC(=O)c2cccc(F)c2)nn1. The van der Waals surface area contributed by atoms with Crippen LogP contribution >= 0.6 is 0 Å². The van der Waals surface area contributed by atoms with Crippen molar-refractivity contribution in [1.29, 1.82) is 0 Å². The van der Waals surface area contributed by atoms with Gasteiger partial charge in [0, 0.05) is 25.8 Å². The van der Waals surface area contributed by atoms with Crippen molar-refractivity contribution in [3.8, 4) is 0 Å². The minimum atomic E-state index is -0.464. The van der Waals surface area contributed by atoms with E-state index in [0.717, 1.165) is 19.0 Å². The minimum Gasteiger partial charge on any atom is -0.385 e. The number of carbonyl (C=O) groups excluding carboxylic acids is 1. The maximum Gasteiger partial charge on any atom is 0.256 e. The molecule has 0 atom stereocenters. The predicted molar refractivity (Wildman–Crippen MR) is 81.4 cm³/mol. The molecule has 2 aromatic rings. The van der Waals surface area contributed by atoms with Crippen molar-refractivity contribution in [2.45, 2.75) is 6.42 Å². The van der Waals surface area contributed by atoms with Crippen LogP contribution in [0.15, 0.2) is 36.4 Å². The highest BCUT2D eigenvalue weighted by atomic mass is 19.1. The summed E-state index contributed by atoms with van der Waals surface area (Å²) < 4.78 is 18.0. The summed E-state index contributed by atoms with van der Waals surface area (Å²) in [6.07, 6.45) is 0.857. The summed E-state index contributed by atoms with van der Waals surface area (Å²) >= 11 is 0. The van der Waals surface area contributed by atoms with Gasteiger partial charge in [0.15, 0.2) is 5.82 Å². The average Bonchev–Trinajstić information content (AvgIpc) is 2.53. The number of nitrogens with one attached hydrogen (secondary N) is 2. The lowest BCUT2D eigenvalue weighted by Gasteiger charge is -2.06. The van der Waals surface area contributed by atoms with Crippen LogP contribution in [0.3, 0.4) is 0 Å². The van der Waals surface area contributed by atoms with Crippen LogP contribution in [0.2, 0.25) is 0 Å². The fourth-order valence-electron chi connectivity index (χ4n) is 1.74. The summed E-state index contributed by atoms with van der Waals surface area (Å²) in [5.74, 6) is 0.0144. The molecule has 1 aromatic carbocycles. The third-order valence-corrected chi connectivity index (χ3v) is 2.82. The Hall–Kier alpha value is -2.54. The Balaban J connectivity index is 1.89. The number of methoxy groups -OCH3 is 1. The topological polar surface area (TPSA) is 76.1 Å². The largest absolute Gasteiger partial charge is 0.385 e. The number of aromatic nitrogens is 2. The molecular weight excluding hydrogens is 287 g/mol. The van der Waals surface area contributed by atoms with Crippen LogP contribution in [0.5, 0.6) is 0 Å². The third kappa shape index (κ3) is 4.78. The third-order valence-electron chi connectivity index (χ3n) is 2.82. The van der Waals surface area contributed by atoms with Crippen molar-refractivity contribution in [2.75, 3.05) is 30.9 Å². The quantitative estimate of drug-likeness (QED) is 0.768. The molecule has 0 aliphatic carbocycles. The van der Waals surface area contributed by atoms with E-state index >= 15 is 0 Å². The van der Waals surface area contributed by atoms with Gasteiger partial charge in [-0.2, -0.15) is 0 Å². The second-order valence-electron chi connectivity index (χ2n) is 4.54. The van der Waals surface area contributed by atoms with Crippen LogP contribution in [0.4, 0.5) is 16.0 Å². The molecule has 0 aliphatic rings. The number of anilines is 2. The molecule has 2 rings (SSSR count). The molecule has 0 bridgehead atoms. The lowest BCUT2D eigenvalue weighted by molar-refractivity contribution is 0.102. The number of halogens is 1. The zero-order valence-electron chi connectivity index (χ0n) is 12.2. The monoisotopic (exact) mass is 304 g/mol. The second kappa shape index (κ2) is 8.04. The van der Waals surface area contributed by atoms with Gasteiger partial charge in [-0.3, -0.25) is 4.79 Å². The number of nitrogens with zero attached hydrogens (tertiary/aromatic N) is 2. The first-order chi connectivity index (χ1) is 10.7. The van der Waals surface area contributed by atoms with Gasteiger partial charge in [0.05, 0.1) is 0 Å². The normalized spacial score (nSPS) is 10.3. The van der Waals surface area contributed by atoms with Crippen molar-refractivity contribution < 1.29 is 13.9 Å². The van der Waals surface area contributed by atoms with Crippen LogP contribution in [0.25, 0.3) is 0 Å². The van der Waals surface area contributed by atoms with Crippen molar-refractivity contribution in [2.24, 2.45) is 0 Å². The van der Waals surface area contributed by atoms with E-state index in [1.165, 1.54) is 18.2 Å². The van der Waals surface area contributed by atoms with Gasteiger partial charge < -0.3 is 15.4 Å². The molecule has 1 amide bonds. The Morgan fingerprint density at radius 1 is 1.23 bits per heavy atom. The summed E-state index contributed by atoms with van der Waals surface area (Å²) in [6, 6.07) is 8.78. The Labute approximate surface area is 127 Å². The van der Waals surface area contributed by atoms with E-state index in [0.29, 0.717) is 18.2 Å². The molecule has 116 valence electrons. The van der Waals surface area contributed by atoms with Gasteiger partial charge >= 0.3 is 0 Å². The summed E-state index contributed by atoms with van der Waals surface area (Å²) in [7, 11) is 1.65. The fraction of sp³-hybridized carbons (Fsp3) is 0.267. The van der Waals surface area contributed by atoms with Crippen molar-refractivity contribution in [3.63, 3.8) is 0 Å². The summed E-state index contributed by atoms with van der Waals surface area (Å²) in [6.45, 7) is 1.39. The highest BCUT2D eigenvalue weighted by Gasteiger charge is 2.08. The molecule has 0 fully saturated rings. The summed E-state index contributed by atoms with van der Waals surface area (Å²) in [5, 5.41) is 13.5. The molecule has 2 N–H and O–H groups in total. The number of ether oxygens (including phenoxy) is 1. The molecule has 0 saturated heterocycles. The molecular formula is C15H17FN4O2. The lowest BCUT2D eigenvalue weighted by Crippen LogP contribution is -2.14. The van der Waals surface area contributed by atoms with E-state index in [9.17, 15) is 9.18 Å². The van der Waals surface area contributed by atoms with Gasteiger partial charge in [-0.1, -0.05) is 6.07 Å². The fourth-order valence-corrected chi connectivity index (χ4v) is 1.74. The van der Waals surface area contributed by atoms with Crippen molar-refractivity contribution >= 4 is 17.5 Å². The Morgan fingerprint density at radius 2 is 2.00 bits per heavy atom. The predicted octanol–water partition coefficient (Wildman–Crippen LogP) is 2.32. The van der Waals surface area contributed by atoms with Crippen molar-refractivity contribution in [1.82, 2.24) is 10.2 Å². The first kappa shape index (κ1) is 15.8. The summed E-state index contributed by atoms with van der Waals surface area (Å²) in [4.78, 5) is 11.9. The van der Waals surface area contributed by atoms with E-state index < -0.39 is 11.7 Å². The molecule has 0 spiro atoms. The van der Waals surface area contributed by atoms with E-state index in [2.05, 4.69) is 20.8 Å². The van der Waals surface area contributed by atoms with E-state index in [1.54, 1.807) is 19.2 Å². The minimum absolute atomic E-state index is 0.226. The van der Waals surface area contributed by atoms with Gasteiger partial charge in [-0.25, -0.2) is 4.39 Å². The zero-order valence-corrected chi connectivity index (χ0v) is 12.2.